The molecule has 1 fully saturated rings. The third-order valence-corrected chi connectivity index (χ3v) is 9.83. The van der Waals surface area contributed by atoms with Crippen molar-refractivity contribution in [1.82, 2.24) is 15.2 Å². The second-order valence-electron chi connectivity index (χ2n) is 13.7. The number of carbonyl (C=O) groups is 1. The molecule has 10 nitrogen and oxygen atoms in total. The number of aromatic nitrogens is 1. The minimum atomic E-state index is -0.796. The Kier molecular flexibility index (Phi) is 11.6. The molecule has 0 bridgehead atoms. The highest BCUT2D eigenvalue weighted by molar-refractivity contribution is 5.91. The van der Waals surface area contributed by atoms with Crippen molar-refractivity contribution in [3.05, 3.63) is 154 Å². The summed E-state index contributed by atoms with van der Waals surface area (Å²) in [5, 5.41) is 31.3. The van der Waals surface area contributed by atoms with E-state index in [1.165, 1.54) is 23.3 Å². The number of amides is 1. The number of aliphatic hydroxyl groups is 1. The van der Waals surface area contributed by atoms with E-state index in [0.717, 1.165) is 67.1 Å². The predicted octanol–water partition coefficient (Wildman–Crippen LogP) is 7.72. The fraction of sp³-hybridized carbons (Fsp3) is 0.227. The number of aliphatic hydroxyl groups excluding tert-OH is 1. The summed E-state index contributed by atoms with van der Waals surface area (Å²) in [6.07, 6.45) is 1.02. The van der Waals surface area contributed by atoms with Crippen molar-refractivity contribution in [1.29, 1.82) is 0 Å². The molecule has 1 atom stereocenters. The van der Waals surface area contributed by atoms with Crippen LogP contribution in [0.3, 0.4) is 0 Å². The van der Waals surface area contributed by atoms with Gasteiger partial charge in [-0.15, -0.1) is 0 Å². The van der Waals surface area contributed by atoms with E-state index in [9.17, 15) is 19.8 Å². The molecule has 5 aromatic carbocycles. The van der Waals surface area contributed by atoms with Crippen LogP contribution >= 0.6 is 0 Å². The Morgan fingerprint density at radius 2 is 1.61 bits per heavy atom. The summed E-state index contributed by atoms with van der Waals surface area (Å²) in [5.41, 5.74) is 7.80. The highest BCUT2D eigenvalue weighted by Crippen LogP contribution is 2.30. The van der Waals surface area contributed by atoms with Crippen LogP contribution in [0.1, 0.15) is 35.6 Å². The van der Waals surface area contributed by atoms with Crippen molar-refractivity contribution in [3.63, 3.8) is 0 Å². The Balaban J connectivity index is 0.834. The van der Waals surface area contributed by atoms with Crippen LogP contribution in [0.2, 0.25) is 0 Å². The van der Waals surface area contributed by atoms with Crippen molar-refractivity contribution in [2.24, 2.45) is 0 Å². The molecule has 2 heterocycles. The van der Waals surface area contributed by atoms with Crippen LogP contribution in [0, 0.1) is 0 Å². The molecule has 1 unspecified atom stereocenters. The number of carbonyl (C=O) groups excluding carboxylic acids is 1. The fourth-order valence-electron chi connectivity index (χ4n) is 7.00. The lowest BCUT2D eigenvalue weighted by atomic mass is 10.0. The molecule has 7 rings (SSSR count). The molecule has 1 aromatic heterocycles. The largest absolute Gasteiger partial charge is 0.506 e. The van der Waals surface area contributed by atoms with Crippen molar-refractivity contribution in [3.8, 4) is 16.9 Å². The number of nitrogens with zero attached hydrogens (tertiary/aromatic N) is 1. The summed E-state index contributed by atoms with van der Waals surface area (Å²) in [5.74, 6) is -0.0261. The van der Waals surface area contributed by atoms with Crippen LogP contribution < -0.4 is 21.5 Å². The average Bonchev–Trinajstić information content (AvgIpc) is 3.19. The van der Waals surface area contributed by atoms with Gasteiger partial charge < -0.3 is 30.6 Å². The zero-order valence-corrected chi connectivity index (χ0v) is 30.0. The molecule has 0 saturated carbocycles. The van der Waals surface area contributed by atoms with E-state index in [4.69, 9.17) is 4.74 Å². The molecule has 1 amide bonds. The van der Waals surface area contributed by atoms with E-state index >= 15 is 0 Å². The maximum absolute atomic E-state index is 12.8. The van der Waals surface area contributed by atoms with Gasteiger partial charge in [-0.3, -0.25) is 15.0 Å². The number of likely N-dealkylation sites (tertiary alicyclic amines) is 1. The van der Waals surface area contributed by atoms with E-state index in [0.29, 0.717) is 29.6 Å². The number of rotatable bonds is 13. The maximum Gasteiger partial charge on any atom is 0.411 e. The van der Waals surface area contributed by atoms with Gasteiger partial charge in [0.25, 0.3) is 0 Å². The number of nitrogens with one attached hydrogen (secondary N) is 4. The van der Waals surface area contributed by atoms with Crippen molar-refractivity contribution in [2.75, 3.05) is 36.8 Å². The Morgan fingerprint density at radius 3 is 2.43 bits per heavy atom. The fourth-order valence-corrected chi connectivity index (χ4v) is 7.00. The molecule has 6 aromatic rings. The monoisotopic (exact) mass is 723 g/mol. The first kappa shape index (κ1) is 36.4. The number of ether oxygens (including phenoxy) is 1. The molecular formula is C44H45N5O5. The van der Waals surface area contributed by atoms with Crippen molar-refractivity contribution < 1.29 is 19.7 Å². The van der Waals surface area contributed by atoms with Gasteiger partial charge in [0.15, 0.2) is 0 Å². The second kappa shape index (κ2) is 17.3. The van der Waals surface area contributed by atoms with Crippen LogP contribution in [0.25, 0.3) is 22.0 Å². The third kappa shape index (κ3) is 9.34. The van der Waals surface area contributed by atoms with Gasteiger partial charge in [0.1, 0.15) is 11.9 Å². The van der Waals surface area contributed by atoms with E-state index in [1.807, 2.05) is 54.6 Å². The minimum absolute atomic E-state index is 0.0261. The summed E-state index contributed by atoms with van der Waals surface area (Å²) in [6, 6.07) is 40.7. The van der Waals surface area contributed by atoms with Gasteiger partial charge in [-0.1, -0.05) is 78.9 Å². The molecule has 0 spiro atoms. The number of hydrogen-bond acceptors (Lipinski definition) is 8. The van der Waals surface area contributed by atoms with Crippen LogP contribution in [-0.2, 0) is 17.7 Å². The molecule has 1 aliphatic heterocycles. The highest BCUT2D eigenvalue weighted by Gasteiger charge is 2.23. The number of H-pyrrole nitrogens is 1. The van der Waals surface area contributed by atoms with E-state index in [1.54, 1.807) is 12.1 Å². The first-order valence-electron chi connectivity index (χ1n) is 18.4. The number of para-hydroxylation sites is 1. The van der Waals surface area contributed by atoms with Gasteiger partial charge >= 0.3 is 6.09 Å². The molecular weight excluding hydrogens is 679 g/mol. The summed E-state index contributed by atoms with van der Waals surface area (Å²) in [7, 11) is 0. The third-order valence-electron chi connectivity index (χ3n) is 9.83. The zero-order valence-electron chi connectivity index (χ0n) is 30.0. The smallest absolute Gasteiger partial charge is 0.411 e. The number of piperidine rings is 1. The molecule has 1 aliphatic rings. The Morgan fingerprint density at radius 1 is 0.833 bits per heavy atom. The molecule has 0 radical (unpaired) electrons. The van der Waals surface area contributed by atoms with E-state index in [-0.39, 0.29) is 17.4 Å². The average molecular weight is 724 g/mol. The normalized spacial score (nSPS) is 14.1. The summed E-state index contributed by atoms with van der Waals surface area (Å²) in [4.78, 5) is 29.6. The predicted molar refractivity (Wildman–Crippen MR) is 214 cm³/mol. The zero-order chi connectivity index (χ0) is 37.3. The lowest BCUT2D eigenvalue weighted by molar-refractivity contribution is 0.0567. The van der Waals surface area contributed by atoms with E-state index < -0.39 is 12.2 Å². The van der Waals surface area contributed by atoms with Gasteiger partial charge in [0.2, 0.25) is 5.56 Å². The number of phenols is 1. The number of fused-ring (bicyclic) bond motifs is 1. The van der Waals surface area contributed by atoms with Gasteiger partial charge in [0.05, 0.1) is 17.3 Å². The summed E-state index contributed by atoms with van der Waals surface area (Å²) in [6.45, 7) is 3.53. The lowest BCUT2D eigenvalue weighted by Crippen LogP contribution is -2.38. The Bertz CT molecular complexity index is 2230. The van der Waals surface area contributed by atoms with Gasteiger partial charge in [-0.05, 0) is 90.5 Å². The number of phenolic OH excluding ortho intramolecular Hbond substituents is 1. The SMILES string of the molecule is O=C(Nc1ccccc1-c1ccccc1)OC1CCN(Cc2cccc(Nc3ccc(CCNCC(O)c4ccc(O)c5[nH]c(=O)ccc45)cc3)c2)CC1. The minimum Gasteiger partial charge on any atom is -0.506 e. The topological polar surface area (TPSA) is 139 Å². The Hall–Kier alpha value is -5.94. The molecule has 54 heavy (non-hydrogen) atoms. The number of hydrogen-bond donors (Lipinski definition) is 6. The summed E-state index contributed by atoms with van der Waals surface area (Å²) >= 11 is 0. The number of pyridine rings is 1. The van der Waals surface area contributed by atoms with Crippen molar-refractivity contribution in [2.45, 2.75) is 38.0 Å². The summed E-state index contributed by atoms with van der Waals surface area (Å²) < 4.78 is 5.83. The first-order valence-corrected chi connectivity index (χ1v) is 18.4. The number of anilines is 3. The van der Waals surface area contributed by atoms with Crippen LogP contribution in [0.5, 0.6) is 5.75 Å². The standard InChI is InChI=1S/C44H45N5O5/c50-40-19-17-37(38-18-20-42(52)48-43(38)40)41(51)28-45-24-21-30-13-15-33(16-14-30)46-34-10-6-7-31(27-34)29-49-25-22-35(23-26-49)54-44(53)47-39-12-5-4-11-36(39)32-8-2-1-3-9-32/h1-20,27,35,41,45-46,50-51H,21-26,28-29H2,(H,47,53)(H,48,52). The van der Waals surface area contributed by atoms with Crippen molar-refractivity contribution >= 4 is 34.1 Å². The molecule has 0 aliphatic carbocycles. The van der Waals surface area contributed by atoms with E-state index in [2.05, 4.69) is 74.4 Å². The number of aromatic amines is 1. The van der Waals surface area contributed by atoms with Crippen LogP contribution in [0.4, 0.5) is 21.9 Å². The maximum atomic E-state index is 12.8. The number of aromatic hydroxyl groups is 1. The van der Waals surface area contributed by atoms with Crippen LogP contribution in [0.15, 0.2) is 132 Å². The quantitative estimate of drug-likeness (QED) is 0.0667. The Labute approximate surface area is 314 Å². The number of benzene rings is 5. The van der Waals surface area contributed by atoms with Gasteiger partial charge in [0, 0.05) is 54.6 Å². The molecule has 276 valence electrons. The molecule has 1 saturated heterocycles. The highest BCUT2D eigenvalue weighted by atomic mass is 16.6. The van der Waals surface area contributed by atoms with Gasteiger partial charge in [-0.25, -0.2) is 4.79 Å². The van der Waals surface area contributed by atoms with Crippen LogP contribution in [-0.4, -0.2) is 58.5 Å². The second-order valence-corrected chi connectivity index (χ2v) is 13.7. The molecule has 6 N–H and O–H groups in total. The molecule has 10 heteroatoms. The van der Waals surface area contributed by atoms with Gasteiger partial charge in [-0.2, -0.15) is 0 Å². The first-order chi connectivity index (χ1) is 26.4. The lowest BCUT2D eigenvalue weighted by Gasteiger charge is -2.31.